The van der Waals surface area contributed by atoms with Gasteiger partial charge < -0.3 is 4.74 Å². The Morgan fingerprint density at radius 3 is 2.41 bits per heavy atom. The first-order valence-electron chi connectivity index (χ1n) is 11.3. The zero-order valence-electron chi connectivity index (χ0n) is 19.5. The number of anilines is 1. The third-order valence-electron chi connectivity index (χ3n) is 5.74. The molecule has 0 spiro atoms. The van der Waals surface area contributed by atoms with Crippen molar-refractivity contribution < 1.29 is 9.53 Å². The smallest absolute Gasteiger partial charge is 0.296 e. The van der Waals surface area contributed by atoms with Crippen LogP contribution in [0.1, 0.15) is 37.4 Å². The predicted molar refractivity (Wildman–Crippen MR) is 143 cm³/mol. The highest BCUT2D eigenvalue weighted by atomic mass is 32.2. The SMILES string of the molecule is CCCCCOc1ccc(/C=C2/SC(=S)N(c3c(C)n(C)n(-c4ccccc4)c3=O)C2=O)cc1. The van der Waals surface area contributed by atoms with Crippen molar-refractivity contribution in [1.29, 1.82) is 0 Å². The maximum atomic E-state index is 13.4. The molecule has 1 saturated heterocycles. The number of para-hydroxylation sites is 1. The fourth-order valence-corrected chi connectivity index (χ4v) is 5.10. The first-order valence-corrected chi connectivity index (χ1v) is 12.5. The first-order chi connectivity index (χ1) is 16.4. The van der Waals surface area contributed by atoms with Gasteiger partial charge in [-0.3, -0.25) is 19.2 Å². The molecule has 3 aromatic rings. The summed E-state index contributed by atoms with van der Waals surface area (Å²) in [5.41, 5.74) is 2.26. The second-order valence-corrected chi connectivity index (χ2v) is 9.73. The summed E-state index contributed by atoms with van der Waals surface area (Å²) >= 11 is 6.72. The molecule has 1 aromatic heterocycles. The Kier molecular flexibility index (Phi) is 7.38. The molecule has 1 aliphatic heterocycles. The number of benzene rings is 2. The van der Waals surface area contributed by atoms with Gasteiger partial charge in [0.1, 0.15) is 11.4 Å². The van der Waals surface area contributed by atoms with Crippen LogP contribution in [-0.2, 0) is 11.8 Å². The molecule has 0 atom stereocenters. The van der Waals surface area contributed by atoms with E-state index in [0.717, 1.165) is 36.3 Å². The average molecular weight is 494 g/mol. The van der Waals surface area contributed by atoms with Gasteiger partial charge in [0.2, 0.25) is 0 Å². The minimum Gasteiger partial charge on any atom is -0.494 e. The van der Waals surface area contributed by atoms with Crippen molar-refractivity contribution in [3.8, 4) is 11.4 Å². The number of hydrogen-bond acceptors (Lipinski definition) is 5. The van der Waals surface area contributed by atoms with E-state index in [1.165, 1.54) is 16.7 Å². The Balaban J connectivity index is 1.58. The number of carbonyl (C=O) groups is 1. The number of thioether (sulfide) groups is 1. The third kappa shape index (κ3) is 4.74. The highest BCUT2D eigenvalue weighted by Gasteiger charge is 2.37. The number of amides is 1. The molecule has 2 heterocycles. The summed E-state index contributed by atoms with van der Waals surface area (Å²) in [6.07, 6.45) is 5.14. The molecular weight excluding hydrogens is 466 g/mol. The number of unbranched alkanes of at least 4 members (excludes halogenated alkanes) is 2. The topological polar surface area (TPSA) is 56.5 Å². The van der Waals surface area contributed by atoms with Crippen LogP contribution in [0.25, 0.3) is 11.8 Å². The first kappa shape index (κ1) is 24.0. The molecule has 0 unspecified atom stereocenters. The van der Waals surface area contributed by atoms with Crippen LogP contribution in [0.15, 0.2) is 64.3 Å². The van der Waals surface area contributed by atoms with Crippen molar-refractivity contribution in [2.75, 3.05) is 11.5 Å². The van der Waals surface area contributed by atoms with Crippen molar-refractivity contribution in [2.24, 2.45) is 7.05 Å². The molecule has 2 aromatic carbocycles. The Hall–Kier alpha value is -3.10. The normalized spacial score (nSPS) is 14.9. The predicted octanol–water partition coefficient (Wildman–Crippen LogP) is 5.46. The summed E-state index contributed by atoms with van der Waals surface area (Å²) in [5.74, 6) is 0.517. The Bertz CT molecular complexity index is 1290. The van der Waals surface area contributed by atoms with E-state index < -0.39 is 0 Å². The van der Waals surface area contributed by atoms with Gasteiger partial charge in [0, 0.05) is 7.05 Å². The van der Waals surface area contributed by atoms with Crippen LogP contribution in [0.3, 0.4) is 0 Å². The molecule has 6 nitrogen and oxygen atoms in total. The van der Waals surface area contributed by atoms with Gasteiger partial charge in [-0.1, -0.05) is 74.1 Å². The minimum absolute atomic E-state index is 0.284. The summed E-state index contributed by atoms with van der Waals surface area (Å²) in [6, 6.07) is 17.0. The van der Waals surface area contributed by atoms with E-state index >= 15 is 0 Å². The Morgan fingerprint density at radius 2 is 1.74 bits per heavy atom. The van der Waals surface area contributed by atoms with E-state index in [-0.39, 0.29) is 17.2 Å². The summed E-state index contributed by atoms with van der Waals surface area (Å²) in [6.45, 7) is 4.68. The molecule has 0 radical (unpaired) electrons. The van der Waals surface area contributed by atoms with E-state index in [2.05, 4.69) is 6.92 Å². The van der Waals surface area contributed by atoms with Gasteiger partial charge in [-0.15, -0.1) is 0 Å². The zero-order valence-corrected chi connectivity index (χ0v) is 21.1. The number of thiocarbonyl (C=S) groups is 1. The van der Waals surface area contributed by atoms with Crippen LogP contribution in [0.4, 0.5) is 5.69 Å². The molecule has 4 rings (SSSR count). The number of hydrogen-bond donors (Lipinski definition) is 0. The quantitative estimate of drug-likeness (QED) is 0.237. The summed E-state index contributed by atoms with van der Waals surface area (Å²) < 4.78 is 9.40. The molecule has 0 saturated carbocycles. The Morgan fingerprint density at radius 1 is 1.03 bits per heavy atom. The molecule has 176 valence electrons. The lowest BCUT2D eigenvalue weighted by atomic mass is 10.2. The summed E-state index contributed by atoms with van der Waals surface area (Å²) in [4.78, 5) is 28.5. The average Bonchev–Trinajstić information content (AvgIpc) is 3.23. The number of carbonyl (C=O) groups excluding carboxylic acids is 1. The molecule has 0 aliphatic carbocycles. The van der Waals surface area contributed by atoms with Gasteiger partial charge in [0.05, 0.1) is 22.9 Å². The van der Waals surface area contributed by atoms with Crippen LogP contribution >= 0.6 is 24.0 Å². The van der Waals surface area contributed by atoms with E-state index in [9.17, 15) is 9.59 Å². The van der Waals surface area contributed by atoms with Gasteiger partial charge in [0.25, 0.3) is 11.5 Å². The number of nitrogens with zero attached hydrogens (tertiary/aromatic N) is 3. The zero-order chi connectivity index (χ0) is 24.2. The van der Waals surface area contributed by atoms with Crippen molar-refractivity contribution in [1.82, 2.24) is 9.36 Å². The lowest BCUT2D eigenvalue weighted by Crippen LogP contribution is -2.33. The standard InChI is InChI=1S/C26H27N3O3S2/c1-4-5-9-16-32-21-14-12-19(13-15-21)17-22-24(30)28(26(33)34-22)23-18(2)27(3)29(25(23)31)20-10-7-6-8-11-20/h6-8,10-15,17H,4-5,9,16H2,1-3H3/b22-17+. The van der Waals surface area contributed by atoms with Crippen LogP contribution in [0.2, 0.25) is 0 Å². The van der Waals surface area contributed by atoms with E-state index in [1.54, 1.807) is 22.5 Å². The van der Waals surface area contributed by atoms with Gasteiger partial charge in [-0.25, -0.2) is 4.68 Å². The minimum atomic E-state index is -0.291. The molecule has 0 bridgehead atoms. The van der Waals surface area contributed by atoms with Crippen LogP contribution in [0.5, 0.6) is 5.75 Å². The monoisotopic (exact) mass is 493 g/mol. The van der Waals surface area contributed by atoms with Crippen molar-refractivity contribution in [3.05, 3.63) is 81.1 Å². The molecule has 34 heavy (non-hydrogen) atoms. The lowest BCUT2D eigenvalue weighted by Gasteiger charge is -2.12. The van der Waals surface area contributed by atoms with Gasteiger partial charge in [0.15, 0.2) is 4.32 Å². The molecule has 0 N–H and O–H groups in total. The molecular formula is C26H27N3O3S2. The van der Waals surface area contributed by atoms with Crippen molar-refractivity contribution in [3.63, 3.8) is 0 Å². The van der Waals surface area contributed by atoms with Gasteiger partial charge in [-0.2, -0.15) is 0 Å². The highest BCUT2D eigenvalue weighted by molar-refractivity contribution is 8.27. The van der Waals surface area contributed by atoms with Crippen LogP contribution in [-0.4, -0.2) is 26.2 Å². The third-order valence-corrected chi connectivity index (χ3v) is 7.04. The van der Waals surface area contributed by atoms with E-state index in [0.29, 0.717) is 21.5 Å². The fraction of sp³-hybridized carbons (Fsp3) is 0.269. The second kappa shape index (κ2) is 10.4. The molecule has 1 fully saturated rings. The summed E-state index contributed by atoms with van der Waals surface area (Å²) in [7, 11) is 1.80. The molecule has 1 amide bonds. The van der Waals surface area contributed by atoms with Crippen LogP contribution in [0, 0.1) is 6.92 Å². The molecule has 8 heteroatoms. The lowest BCUT2D eigenvalue weighted by molar-refractivity contribution is -0.113. The maximum Gasteiger partial charge on any atom is 0.296 e. The Labute approximate surface area is 208 Å². The highest BCUT2D eigenvalue weighted by Crippen LogP contribution is 2.36. The van der Waals surface area contributed by atoms with Crippen LogP contribution < -0.4 is 15.2 Å². The largest absolute Gasteiger partial charge is 0.494 e. The number of aromatic nitrogens is 2. The maximum absolute atomic E-state index is 13.4. The number of ether oxygens (including phenoxy) is 1. The van der Waals surface area contributed by atoms with Crippen molar-refractivity contribution in [2.45, 2.75) is 33.1 Å². The molecule has 1 aliphatic rings. The summed E-state index contributed by atoms with van der Waals surface area (Å²) in [5, 5.41) is 0. The fourth-order valence-electron chi connectivity index (χ4n) is 3.83. The van der Waals surface area contributed by atoms with E-state index in [4.69, 9.17) is 17.0 Å². The number of rotatable bonds is 8. The van der Waals surface area contributed by atoms with E-state index in [1.807, 2.05) is 61.5 Å². The van der Waals surface area contributed by atoms with Gasteiger partial charge in [-0.05, 0) is 49.2 Å². The second-order valence-electron chi connectivity index (χ2n) is 8.05. The van der Waals surface area contributed by atoms with Gasteiger partial charge >= 0.3 is 0 Å². The van der Waals surface area contributed by atoms with Crippen molar-refractivity contribution >= 4 is 46.0 Å².